The van der Waals surface area contributed by atoms with E-state index in [1.807, 2.05) is 26.0 Å². The molecule has 0 aliphatic rings. The number of pyridine rings is 1. The summed E-state index contributed by atoms with van der Waals surface area (Å²) in [5.74, 6) is 0.863. The molecule has 2 heterocycles. The molecule has 4 nitrogen and oxygen atoms in total. The van der Waals surface area contributed by atoms with E-state index in [9.17, 15) is 0 Å². The SMILES string of the molecule is Cc1ccnc(NC(C)c2nccnc2C)c1. The third kappa shape index (κ3) is 2.78. The first-order valence-corrected chi connectivity index (χ1v) is 5.63. The molecule has 1 atom stereocenters. The Hall–Kier alpha value is -1.97. The lowest BCUT2D eigenvalue weighted by molar-refractivity contribution is 0.804. The summed E-state index contributed by atoms with van der Waals surface area (Å²) in [6.07, 6.45) is 5.22. The van der Waals surface area contributed by atoms with Crippen LogP contribution in [0.1, 0.15) is 29.9 Å². The fourth-order valence-electron chi connectivity index (χ4n) is 1.75. The van der Waals surface area contributed by atoms with Crippen LogP contribution in [0.4, 0.5) is 5.82 Å². The number of aryl methyl sites for hydroxylation is 2. The van der Waals surface area contributed by atoms with Crippen molar-refractivity contribution >= 4 is 5.82 Å². The van der Waals surface area contributed by atoms with Crippen molar-refractivity contribution in [3.05, 3.63) is 47.7 Å². The molecule has 0 saturated carbocycles. The monoisotopic (exact) mass is 228 g/mol. The van der Waals surface area contributed by atoms with Gasteiger partial charge in [0.2, 0.25) is 0 Å². The molecule has 2 aromatic heterocycles. The Kier molecular flexibility index (Phi) is 3.32. The molecular weight excluding hydrogens is 212 g/mol. The highest BCUT2D eigenvalue weighted by atomic mass is 15.0. The predicted octanol–water partition coefficient (Wildman–Crippen LogP) is 2.66. The Bertz CT molecular complexity index is 510. The Labute approximate surface area is 101 Å². The fraction of sp³-hybridized carbons (Fsp3) is 0.308. The van der Waals surface area contributed by atoms with E-state index in [4.69, 9.17) is 0 Å². The van der Waals surface area contributed by atoms with Crippen LogP contribution >= 0.6 is 0 Å². The van der Waals surface area contributed by atoms with Gasteiger partial charge in [-0.2, -0.15) is 0 Å². The Balaban J connectivity index is 2.17. The number of aromatic nitrogens is 3. The Morgan fingerprint density at radius 1 is 1.06 bits per heavy atom. The van der Waals surface area contributed by atoms with Gasteiger partial charge in [-0.25, -0.2) is 4.98 Å². The molecule has 0 bridgehead atoms. The first-order chi connectivity index (χ1) is 8.16. The molecule has 1 N–H and O–H groups in total. The number of nitrogens with zero attached hydrogens (tertiary/aromatic N) is 3. The van der Waals surface area contributed by atoms with Crippen molar-refractivity contribution in [2.75, 3.05) is 5.32 Å². The molecule has 0 radical (unpaired) electrons. The predicted molar refractivity (Wildman–Crippen MR) is 67.8 cm³/mol. The second kappa shape index (κ2) is 4.91. The van der Waals surface area contributed by atoms with Gasteiger partial charge in [-0.3, -0.25) is 9.97 Å². The summed E-state index contributed by atoms with van der Waals surface area (Å²) in [5.41, 5.74) is 3.08. The number of anilines is 1. The number of hydrogen-bond donors (Lipinski definition) is 1. The average Bonchev–Trinajstić information content (AvgIpc) is 2.29. The van der Waals surface area contributed by atoms with Gasteiger partial charge in [0.1, 0.15) is 5.82 Å². The molecule has 4 heteroatoms. The second-order valence-corrected chi connectivity index (χ2v) is 4.11. The lowest BCUT2D eigenvalue weighted by Gasteiger charge is -2.15. The highest BCUT2D eigenvalue weighted by Crippen LogP contribution is 2.17. The van der Waals surface area contributed by atoms with Crippen LogP contribution in [-0.2, 0) is 0 Å². The average molecular weight is 228 g/mol. The van der Waals surface area contributed by atoms with E-state index in [1.165, 1.54) is 5.56 Å². The van der Waals surface area contributed by atoms with Crippen molar-refractivity contribution in [2.45, 2.75) is 26.8 Å². The van der Waals surface area contributed by atoms with Crippen molar-refractivity contribution in [3.63, 3.8) is 0 Å². The van der Waals surface area contributed by atoms with Gasteiger partial charge < -0.3 is 5.32 Å². The summed E-state index contributed by atoms with van der Waals surface area (Å²) in [4.78, 5) is 12.9. The van der Waals surface area contributed by atoms with Crippen molar-refractivity contribution in [1.29, 1.82) is 0 Å². The number of hydrogen-bond acceptors (Lipinski definition) is 4. The minimum Gasteiger partial charge on any atom is -0.362 e. The molecule has 0 fully saturated rings. The van der Waals surface area contributed by atoms with Gasteiger partial charge in [-0.05, 0) is 38.5 Å². The van der Waals surface area contributed by atoms with Crippen LogP contribution in [0.25, 0.3) is 0 Å². The van der Waals surface area contributed by atoms with E-state index in [0.717, 1.165) is 17.2 Å². The van der Waals surface area contributed by atoms with Crippen LogP contribution in [0.15, 0.2) is 30.7 Å². The first kappa shape index (κ1) is 11.5. The Morgan fingerprint density at radius 2 is 1.82 bits per heavy atom. The summed E-state index contributed by atoms with van der Waals surface area (Å²) in [6, 6.07) is 4.09. The maximum absolute atomic E-state index is 4.34. The van der Waals surface area contributed by atoms with Gasteiger partial charge in [0.15, 0.2) is 0 Å². The molecule has 17 heavy (non-hydrogen) atoms. The van der Waals surface area contributed by atoms with Gasteiger partial charge in [-0.15, -0.1) is 0 Å². The summed E-state index contributed by atoms with van der Waals surface area (Å²) in [7, 11) is 0. The van der Waals surface area contributed by atoms with Crippen molar-refractivity contribution in [3.8, 4) is 0 Å². The minimum atomic E-state index is 0.0954. The lowest BCUT2D eigenvalue weighted by atomic mass is 10.2. The minimum absolute atomic E-state index is 0.0954. The van der Waals surface area contributed by atoms with Gasteiger partial charge in [-0.1, -0.05) is 0 Å². The van der Waals surface area contributed by atoms with Gasteiger partial charge >= 0.3 is 0 Å². The van der Waals surface area contributed by atoms with Crippen molar-refractivity contribution in [1.82, 2.24) is 15.0 Å². The highest BCUT2D eigenvalue weighted by Gasteiger charge is 2.10. The molecule has 0 aliphatic heterocycles. The topological polar surface area (TPSA) is 50.7 Å². The van der Waals surface area contributed by atoms with Crippen molar-refractivity contribution < 1.29 is 0 Å². The fourth-order valence-corrected chi connectivity index (χ4v) is 1.75. The molecule has 0 saturated heterocycles. The molecule has 2 rings (SSSR count). The molecule has 0 amide bonds. The standard InChI is InChI=1S/C13H16N4/c1-9-4-5-15-12(8-9)17-11(3)13-10(2)14-6-7-16-13/h4-8,11H,1-3H3,(H,15,17). The highest BCUT2D eigenvalue weighted by molar-refractivity contribution is 5.39. The summed E-state index contributed by atoms with van der Waals surface area (Å²) in [6.45, 7) is 6.07. The van der Waals surface area contributed by atoms with Gasteiger partial charge in [0.05, 0.1) is 17.4 Å². The van der Waals surface area contributed by atoms with Crippen LogP contribution in [0.2, 0.25) is 0 Å². The summed E-state index contributed by atoms with van der Waals surface area (Å²) < 4.78 is 0. The molecule has 0 aliphatic carbocycles. The third-order valence-electron chi connectivity index (χ3n) is 2.61. The summed E-state index contributed by atoms with van der Waals surface area (Å²) >= 11 is 0. The molecule has 2 aromatic rings. The summed E-state index contributed by atoms with van der Waals surface area (Å²) in [5, 5.41) is 3.33. The maximum Gasteiger partial charge on any atom is 0.126 e. The van der Waals surface area contributed by atoms with E-state index < -0.39 is 0 Å². The van der Waals surface area contributed by atoms with Crippen LogP contribution in [-0.4, -0.2) is 15.0 Å². The quantitative estimate of drug-likeness (QED) is 0.877. The zero-order chi connectivity index (χ0) is 12.3. The van der Waals surface area contributed by atoms with Crippen LogP contribution in [0.5, 0.6) is 0 Å². The largest absolute Gasteiger partial charge is 0.362 e. The number of rotatable bonds is 3. The lowest BCUT2D eigenvalue weighted by Crippen LogP contribution is -2.11. The maximum atomic E-state index is 4.34. The number of nitrogens with one attached hydrogen (secondary N) is 1. The van der Waals surface area contributed by atoms with Crippen LogP contribution < -0.4 is 5.32 Å². The third-order valence-corrected chi connectivity index (χ3v) is 2.61. The Morgan fingerprint density at radius 3 is 2.53 bits per heavy atom. The zero-order valence-electron chi connectivity index (χ0n) is 10.3. The van der Waals surface area contributed by atoms with Gasteiger partial charge in [0.25, 0.3) is 0 Å². The zero-order valence-corrected chi connectivity index (χ0v) is 10.3. The van der Waals surface area contributed by atoms with E-state index in [-0.39, 0.29) is 6.04 Å². The van der Waals surface area contributed by atoms with E-state index >= 15 is 0 Å². The van der Waals surface area contributed by atoms with E-state index in [1.54, 1.807) is 18.6 Å². The van der Waals surface area contributed by atoms with Crippen molar-refractivity contribution in [2.24, 2.45) is 0 Å². The molecule has 1 unspecified atom stereocenters. The smallest absolute Gasteiger partial charge is 0.126 e. The van der Waals surface area contributed by atoms with E-state index in [2.05, 4.69) is 27.2 Å². The molecular formula is C13H16N4. The van der Waals surface area contributed by atoms with Crippen LogP contribution in [0.3, 0.4) is 0 Å². The van der Waals surface area contributed by atoms with Crippen LogP contribution in [0, 0.1) is 13.8 Å². The van der Waals surface area contributed by atoms with E-state index in [0.29, 0.717) is 0 Å². The molecule has 88 valence electrons. The first-order valence-electron chi connectivity index (χ1n) is 5.63. The normalized spacial score (nSPS) is 12.2. The van der Waals surface area contributed by atoms with Gasteiger partial charge in [0, 0.05) is 18.6 Å². The molecule has 0 aromatic carbocycles. The second-order valence-electron chi connectivity index (χ2n) is 4.11. The molecule has 0 spiro atoms.